The Balaban J connectivity index is 3.16. The van der Waals surface area contributed by atoms with Gasteiger partial charge in [-0.1, -0.05) is 27.7 Å². The van der Waals surface area contributed by atoms with Gasteiger partial charge in [-0.05, 0) is 25.7 Å². The summed E-state index contributed by atoms with van der Waals surface area (Å²) in [5, 5.41) is 4.44. The summed E-state index contributed by atoms with van der Waals surface area (Å²) in [6.07, 6.45) is 2.26. The van der Waals surface area contributed by atoms with Crippen LogP contribution >= 0.6 is 0 Å². The number of aromatic nitrogens is 2. The van der Waals surface area contributed by atoms with E-state index in [4.69, 9.17) is 5.73 Å². The summed E-state index contributed by atoms with van der Waals surface area (Å²) in [6.45, 7) is 12.0. The van der Waals surface area contributed by atoms with Gasteiger partial charge in [-0.2, -0.15) is 5.10 Å². The summed E-state index contributed by atoms with van der Waals surface area (Å²) < 4.78 is 1.92. The van der Waals surface area contributed by atoms with Gasteiger partial charge in [0.25, 0.3) is 0 Å². The fourth-order valence-electron chi connectivity index (χ4n) is 2.53. The Morgan fingerprint density at radius 3 is 2.17 bits per heavy atom. The van der Waals surface area contributed by atoms with E-state index in [1.807, 2.05) is 18.7 Å². The number of nitrogen functional groups attached to an aromatic ring is 1. The van der Waals surface area contributed by atoms with Crippen molar-refractivity contribution in [2.75, 3.05) is 17.2 Å². The molecule has 0 aliphatic rings. The Morgan fingerprint density at radius 2 is 1.83 bits per heavy atom. The summed E-state index contributed by atoms with van der Waals surface area (Å²) in [6, 6.07) is 0.532. The van der Waals surface area contributed by atoms with Crippen LogP contribution in [0.3, 0.4) is 0 Å². The third kappa shape index (κ3) is 2.98. The zero-order valence-electron chi connectivity index (χ0n) is 12.7. The van der Waals surface area contributed by atoms with Gasteiger partial charge in [-0.3, -0.25) is 4.68 Å². The smallest absolute Gasteiger partial charge is 0.150 e. The van der Waals surface area contributed by atoms with E-state index in [0.717, 1.165) is 36.6 Å². The van der Waals surface area contributed by atoms with Crippen molar-refractivity contribution in [3.63, 3.8) is 0 Å². The van der Waals surface area contributed by atoms with E-state index in [1.54, 1.807) is 0 Å². The predicted molar refractivity (Wildman–Crippen MR) is 78.9 cm³/mol. The average Bonchev–Trinajstić information content (AvgIpc) is 2.53. The molecule has 2 N–H and O–H groups in total. The van der Waals surface area contributed by atoms with Crippen LogP contribution in [0.5, 0.6) is 0 Å². The molecule has 0 fully saturated rings. The minimum absolute atomic E-state index is 0.532. The first-order valence-electron chi connectivity index (χ1n) is 6.97. The summed E-state index contributed by atoms with van der Waals surface area (Å²) in [5.41, 5.74) is 7.95. The van der Waals surface area contributed by atoms with E-state index in [0.29, 0.717) is 12.0 Å². The summed E-state index contributed by atoms with van der Waals surface area (Å²) in [5.74, 6) is 1.69. The second-order valence-electron chi connectivity index (χ2n) is 5.46. The van der Waals surface area contributed by atoms with Gasteiger partial charge in [0, 0.05) is 19.6 Å². The van der Waals surface area contributed by atoms with Gasteiger partial charge in [-0.15, -0.1) is 0 Å². The Kier molecular flexibility index (Phi) is 5.05. The van der Waals surface area contributed by atoms with Crippen LogP contribution in [0.4, 0.5) is 11.5 Å². The van der Waals surface area contributed by atoms with Crippen molar-refractivity contribution in [3.8, 4) is 0 Å². The zero-order chi connectivity index (χ0) is 13.9. The van der Waals surface area contributed by atoms with Crippen LogP contribution < -0.4 is 10.6 Å². The summed E-state index contributed by atoms with van der Waals surface area (Å²) in [7, 11) is 1.98. The number of rotatable bonds is 6. The molecular weight excluding hydrogens is 224 g/mol. The van der Waals surface area contributed by atoms with Crippen LogP contribution in [-0.4, -0.2) is 22.4 Å². The molecule has 0 aliphatic carbocycles. The molecule has 0 spiro atoms. The monoisotopic (exact) mass is 252 g/mol. The first kappa shape index (κ1) is 14.9. The molecule has 0 aromatic carbocycles. The van der Waals surface area contributed by atoms with Crippen LogP contribution in [0.15, 0.2) is 0 Å². The fourth-order valence-corrected chi connectivity index (χ4v) is 2.53. The van der Waals surface area contributed by atoms with Crippen molar-refractivity contribution in [2.45, 2.75) is 53.5 Å². The maximum absolute atomic E-state index is 6.20. The molecule has 1 aromatic rings. The van der Waals surface area contributed by atoms with Crippen LogP contribution in [0.25, 0.3) is 0 Å². The standard InChI is InChI=1S/C14H28N4/c1-7-12(8-2)18(9-10(3)4)14-13(15)11(5)16-17(14)6/h10,12H,7-9,15H2,1-6H3. The molecule has 1 rings (SSSR count). The number of hydrogen-bond donors (Lipinski definition) is 1. The van der Waals surface area contributed by atoms with Crippen LogP contribution in [0.1, 0.15) is 46.2 Å². The quantitative estimate of drug-likeness (QED) is 0.846. The lowest BCUT2D eigenvalue weighted by Gasteiger charge is -2.34. The van der Waals surface area contributed by atoms with Crippen molar-refractivity contribution < 1.29 is 0 Å². The van der Waals surface area contributed by atoms with E-state index in [2.05, 4.69) is 37.7 Å². The Bertz CT molecular complexity index is 377. The van der Waals surface area contributed by atoms with Gasteiger partial charge in [0.05, 0.1) is 11.4 Å². The van der Waals surface area contributed by atoms with Crippen LogP contribution in [-0.2, 0) is 7.05 Å². The van der Waals surface area contributed by atoms with Gasteiger partial charge in [-0.25, -0.2) is 0 Å². The van der Waals surface area contributed by atoms with Gasteiger partial charge < -0.3 is 10.6 Å². The average molecular weight is 252 g/mol. The van der Waals surface area contributed by atoms with E-state index < -0.39 is 0 Å². The molecule has 0 bridgehead atoms. The third-order valence-electron chi connectivity index (χ3n) is 3.45. The maximum atomic E-state index is 6.20. The predicted octanol–water partition coefficient (Wildman–Crippen LogP) is 2.96. The van der Waals surface area contributed by atoms with Crippen molar-refractivity contribution in [3.05, 3.63) is 5.69 Å². The second-order valence-corrected chi connectivity index (χ2v) is 5.46. The third-order valence-corrected chi connectivity index (χ3v) is 3.45. The molecule has 0 atom stereocenters. The molecule has 0 aliphatic heterocycles. The van der Waals surface area contributed by atoms with E-state index in [1.165, 1.54) is 0 Å². The lowest BCUT2D eigenvalue weighted by molar-refractivity contribution is 0.495. The number of nitrogens with zero attached hydrogens (tertiary/aromatic N) is 3. The van der Waals surface area contributed by atoms with Gasteiger partial charge >= 0.3 is 0 Å². The molecule has 18 heavy (non-hydrogen) atoms. The highest BCUT2D eigenvalue weighted by Gasteiger charge is 2.23. The molecule has 0 amide bonds. The molecule has 1 heterocycles. The summed E-state index contributed by atoms with van der Waals surface area (Å²) >= 11 is 0. The SMILES string of the molecule is CCC(CC)N(CC(C)C)c1c(N)c(C)nn1C. The largest absolute Gasteiger partial charge is 0.394 e. The zero-order valence-corrected chi connectivity index (χ0v) is 12.7. The molecule has 0 saturated carbocycles. The molecule has 0 saturated heterocycles. The van der Waals surface area contributed by atoms with Crippen molar-refractivity contribution in [1.29, 1.82) is 0 Å². The molecule has 4 nitrogen and oxygen atoms in total. The number of nitrogens with two attached hydrogens (primary N) is 1. The maximum Gasteiger partial charge on any atom is 0.150 e. The number of anilines is 2. The van der Waals surface area contributed by atoms with E-state index in [-0.39, 0.29) is 0 Å². The fraction of sp³-hybridized carbons (Fsp3) is 0.786. The van der Waals surface area contributed by atoms with Crippen molar-refractivity contribution in [1.82, 2.24) is 9.78 Å². The normalized spacial score (nSPS) is 11.6. The van der Waals surface area contributed by atoms with Gasteiger partial charge in [0.2, 0.25) is 0 Å². The number of aryl methyl sites for hydroxylation is 2. The lowest BCUT2D eigenvalue weighted by atomic mass is 10.1. The van der Waals surface area contributed by atoms with Crippen molar-refractivity contribution >= 4 is 11.5 Å². The molecule has 0 unspecified atom stereocenters. The minimum atomic E-state index is 0.532. The molecule has 0 radical (unpaired) electrons. The minimum Gasteiger partial charge on any atom is -0.394 e. The molecule has 1 aromatic heterocycles. The molecular formula is C14H28N4. The van der Waals surface area contributed by atoms with Gasteiger partial charge in [0.15, 0.2) is 5.82 Å². The highest BCUT2D eigenvalue weighted by Crippen LogP contribution is 2.29. The molecule has 4 heteroatoms. The number of hydrogen-bond acceptors (Lipinski definition) is 3. The van der Waals surface area contributed by atoms with Crippen LogP contribution in [0.2, 0.25) is 0 Å². The van der Waals surface area contributed by atoms with E-state index >= 15 is 0 Å². The van der Waals surface area contributed by atoms with E-state index in [9.17, 15) is 0 Å². The Morgan fingerprint density at radius 1 is 1.28 bits per heavy atom. The second kappa shape index (κ2) is 6.12. The van der Waals surface area contributed by atoms with Crippen LogP contribution in [0, 0.1) is 12.8 Å². The highest BCUT2D eigenvalue weighted by molar-refractivity contribution is 5.66. The molecule has 104 valence electrons. The first-order chi connectivity index (χ1) is 8.42. The van der Waals surface area contributed by atoms with Gasteiger partial charge in [0.1, 0.15) is 0 Å². The first-order valence-corrected chi connectivity index (χ1v) is 6.97. The topological polar surface area (TPSA) is 47.1 Å². The lowest BCUT2D eigenvalue weighted by Crippen LogP contribution is -2.39. The Hall–Kier alpha value is -1.19. The highest BCUT2D eigenvalue weighted by atomic mass is 15.4. The summed E-state index contributed by atoms with van der Waals surface area (Å²) in [4.78, 5) is 2.43. The Labute approximate surface area is 111 Å². The van der Waals surface area contributed by atoms with Crippen molar-refractivity contribution in [2.24, 2.45) is 13.0 Å².